The smallest absolute Gasteiger partial charge is 0.231 e. The van der Waals surface area contributed by atoms with Crippen LogP contribution < -0.4 is 5.32 Å². The van der Waals surface area contributed by atoms with Crippen LogP contribution in [0.5, 0.6) is 0 Å². The van der Waals surface area contributed by atoms with Gasteiger partial charge in [0.15, 0.2) is 5.65 Å². The van der Waals surface area contributed by atoms with Gasteiger partial charge < -0.3 is 9.88 Å². The zero-order chi connectivity index (χ0) is 21.9. The summed E-state index contributed by atoms with van der Waals surface area (Å²) in [6.45, 7) is 0. The molecule has 0 aliphatic heterocycles. The van der Waals surface area contributed by atoms with Gasteiger partial charge in [-0.25, -0.2) is 4.98 Å². The van der Waals surface area contributed by atoms with Crippen molar-refractivity contribution in [3.63, 3.8) is 0 Å². The van der Waals surface area contributed by atoms with Gasteiger partial charge in [-0.3, -0.25) is 4.79 Å². The van der Waals surface area contributed by atoms with Crippen LogP contribution in [0.2, 0.25) is 0 Å². The van der Waals surface area contributed by atoms with Crippen molar-refractivity contribution >= 4 is 39.7 Å². The minimum Gasteiger partial charge on any atom is -0.344 e. The van der Waals surface area contributed by atoms with Gasteiger partial charge in [0.25, 0.3) is 0 Å². The summed E-state index contributed by atoms with van der Waals surface area (Å²) in [4.78, 5) is 17.5. The Hall–Kier alpha value is -3.71. The van der Waals surface area contributed by atoms with Crippen molar-refractivity contribution in [1.29, 1.82) is 0 Å². The van der Waals surface area contributed by atoms with Crippen LogP contribution in [0, 0.1) is 0 Å². The lowest BCUT2D eigenvalue weighted by atomic mass is 9.99. The molecule has 0 unspecified atom stereocenters. The molecule has 1 amide bonds. The van der Waals surface area contributed by atoms with Crippen molar-refractivity contribution in [2.75, 3.05) is 5.75 Å². The Morgan fingerprint density at radius 3 is 2.22 bits per heavy atom. The first kappa shape index (κ1) is 20.2. The highest BCUT2D eigenvalue weighted by Gasteiger charge is 2.18. The maximum absolute atomic E-state index is 12.8. The van der Waals surface area contributed by atoms with Gasteiger partial charge >= 0.3 is 0 Å². The van der Waals surface area contributed by atoms with Crippen LogP contribution in [0.25, 0.3) is 22.1 Å². The van der Waals surface area contributed by atoms with Gasteiger partial charge in [-0.2, -0.15) is 0 Å². The summed E-state index contributed by atoms with van der Waals surface area (Å²) in [5, 5.41) is 13.3. The van der Waals surface area contributed by atoms with E-state index in [1.807, 2.05) is 96.5 Å². The number of aryl methyl sites for hydroxylation is 1. The van der Waals surface area contributed by atoms with Gasteiger partial charge in [0.05, 0.1) is 17.3 Å². The molecule has 2 heterocycles. The van der Waals surface area contributed by atoms with Gasteiger partial charge in [0.2, 0.25) is 11.1 Å². The number of para-hydroxylation sites is 1. The number of hydrogen-bond acceptors (Lipinski definition) is 5. The van der Waals surface area contributed by atoms with Crippen LogP contribution in [0.1, 0.15) is 17.2 Å². The van der Waals surface area contributed by atoms with Gasteiger partial charge in [0, 0.05) is 12.4 Å². The van der Waals surface area contributed by atoms with Gasteiger partial charge in [0.1, 0.15) is 5.52 Å². The molecule has 7 heteroatoms. The predicted molar refractivity (Wildman–Crippen MR) is 127 cm³/mol. The van der Waals surface area contributed by atoms with Crippen LogP contribution >= 0.6 is 11.8 Å². The molecule has 0 fully saturated rings. The van der Waals surface area contributed by atoms with Crippen molar-refractivity contribution in [3.05, 3.63) is 96.1 Å². The SMILES string of the molecule is Cn1c2ccccc2c2nnc(SCC(=O)NC(c3ccccc3)c3ccccc3)nc21. The molecule has 2 aromatic heterocycles. The van der Waals surface area contributed by atoms with Crippen molar-refractivity contribution < 1.29 is 4.79 Å². The normalized spacial score (nSPS) is 11.3. The number of nitrogens with zero attached hydrogens (tertiary/aromatic N) is 4. The molecule has 6 nitrogen and oxygen atoms in total. The number of thioether (sulfide) groups is 1. The Labute approximate surface area is 189 Å². The van der Waals surface area contributed by atoms with E-state index in [1.54, 1.807) is 0 Å². The predicted octanol–water partition coefficient (Wildman–Crippen LogP) is 4.51. The second-order valence-corrected chi connectivity index (χ2v) is 8.40. The van der Waals surface area contributed by atoms with E-state index in [4.69, 9.17) is 0 Å². The van der Waals surface area contributed by atoms with E-state index in [-0.39, 0.29) is 17.7 Å². The molecule has 0 radical (unpaired) electrons. The number of rotatable bonds is 6. The summed E-state index contributed by atoms with van der Waals surface area (Å²) in [6, 6.07) is 27.7. The zero-order valence-corrected chi connectivity index (χ0v) is 18.3. The lowest BCUT2D eigenvalue weighted by molar-refractivity contribution is -0.119. The number of amides is 1. The standard InChI is InChI=1S/C25H21N5OS/c1-30-20-15-9-8-14-19(20)23-24(30)27-25(29-28-23)32-16-21(31)26-22(17-10-4-2-5-11-17)18-12-6-3-7-13-18/h2-15,22H,16H2,1H3,(H,26,31). The quantitative estimate of drug-likeness (QED) is 0.394. The van der Waals surface area contributed by atoms with Crippen LogP contribution in [0.15, 0.2) is 90.1 Å². The van der Waals surface area contributed by atoms with E-state index in [0.717, 1.165) is 33.2 Å². The third-order valence-electron chi connectivity index (χ3n) is 5.39. The van der Waals surface area contributed by atoms with E-state index in [9.17, 15) is 4.79 Å². The summed E-state index contributed by atoms with van der Waals surface area (Å²) in [6.07, 6.45) is 0. The monoisotopic (exact) mass is 439 g/mol. The molecule has 32 heavy (non-hydrogen) atoms. The molecule has 3 aromatic carbocycles. The topological polar surface area (TPSA) is 72.7 Å². The molecule has 5 rings (SSSR count). The van der Waals surface area contributed by atoms with Gasteiger partial charge in [-0.05, 0) is 17.2 Å². The van der Waals surface area contributed by atoms with E-state index in [1.165, 1.54) is 11.8 Å². The largest absolute Gasteiger partial charge is 0.344 e. The maximum Gasteiger partial charge on any atom is 0.231 e. The number of carbonyl (C=O) groups excluding carboxylic acids is 1. The average Bonchev–Trinajstić information content (AvgIpc) is 3.14. The van der Waals surface area contributed by atoms with E-state index in [0.29, 0.717) is 5.16 Å². The first-order valence-electron chi connectivity index (χ1n) is 10.3. The first-order chi connectivity index (χ1) is 15.7. The molecule has 0 atom stereocenters. The third-order valence-corrected chi connectivity index (χ3v) is 6.23. The minimum atomic E-state index is -0.217. The second-order valence-electron chi connectivity index (χ2n) is 7.45. The fourth-order valence-corrected chi connectivity index (χ4v) is 4.43. The van der Waals surface area contributed by atoms with Gasteiger partial charge in [-0.15, -0.1) is 10.2 Å². The van der Waals surface area contributed by atoms with E-state index >= 15 is 0 Å². The molecule has 0 spiro atoms. The Bertz CT molecular complexity index is 1350. The first-order valence-corrected chi connectivity index (χ1v) is 11.3. The Balaban J connectivity index is 1.34. The highest BCUT2D eigenvalue weighted by molar-refractivity contribution is 7.99. The van der Waals surface area contributed by atoms with Crippen molar-refractivity contribution in [2.24, 2.45) is 7.05 Å². The van der Waals surface area contributed by atoms with Crippen LogP contribution in [0.3, 0.4) is 0 Å². The summed E-state index contributed by atoms with van der Waals surface area (Å²) in [5.41, 5.74) is 4.65. The highest BCUT2D eigenvalue weighted by Crippen LogP contribution is 2.26. The molecule has 1 N–H and O–H groups in total. The summed E-state index contributed by atoms with van der Waals surface area (Å²) in [7, 11) is 1.96. The molecule has 5 aromatic rings. The summed E-state index contributed by atoms with van der Waals surface area (Å²) in [5.74, 6) is 0.112. The van der Waals surface area contributed by atoms with Crippen molar-refractivity contribution in [2.45, 2.75) is 11.2 Å². The zero-order valence-electron chi connectivity index (χ0n) is 17.5. The lowest BCUT2D eigenvalue weighted by Crippen LogP contribution is -2.30. The number of benzene rings is 3. The fraction of sp³-hybridized carbons (Fsp3) is 0.120. The van der Waals surface area contributed by atoms with Crippen LogP contribution in [0.4, 0.5) is 0 Å². The van der Waals surface area contributed by atoms with Crippen molar-refractivity contribution in [1.82, 2.24) is 25.1 Å². The van der Waals surface area contributed by atoms with Gasteiger partial charge in [-0.1, -0.05) is 90.6 Å². The Kier molecular flexibility index (Phi) is 5.56. The molecule has 0 aliphatic carbocycles. The summed E-state index contributed by atoms with van der Waals surface area (Å²) >= 11 is 1.28. The molecule has 0 saturated heterocycles. The second kappa shape index (κ2) is 8.80. The minimum absolute atomic E-state index is 0.0894. The fourth-order valence-electron chi connectivity index (χ4n) is 3.84. The maximum atomic E-state index is 12.8. The molecule has 0 saturated carbocycles. The molecular weight excluding hydrogens is 418 g/mol. The van der Waals surface area contributed by atoms with E-state index < -0.39 is 0 Å². The molecule has 0 bridgehead atoms. The van der Waals surface area contributed by atoms with Crippen molar-refractivity contribution in [3.8, 4) is 0 Å². The molecule has 0 aliphatic rings. The Morgan fingerprint density at radius 1 is 0.906 bits per heavy atom. The molecular formula is C25H21N5OS. The molecule has 158 valence electrons. The highest BCUT2D eigenvalue weighted by atomic mass is 32.2. The summed E-state index contributed by atoms with van der Waals surface area (Å²) < 4.78 is 2.00. The number of nitrogens with one attached hydrogen (secondary N) is 1. The average molecular weight is 440 g/mol. The van der Waals surface area contributed by atoms with Crippen LogP contribution in [-0.4, -0.2) is 31.4 Å². The third kappa shape index (κ3) is 3.94. The Morgan fingerprint density at radius 2 is 1.53 bits per heavy atom. The lowest BCUT2D eigenvalue weighted by Gasteiger charge is -2.19. The van der Waals surface area contributed by atoms with Crippen LogP contribution in [-0.2, 0) is 11.8 Å². The number of carbonyl (C=O) groups is 1. The number of fused-ring (bicyclic) bond motifs is 3. The van der Waals surface area contributed by atoms with E-state index in [2.05, 4.69) is 20.5 Å². The number of aromatic nitrogens is 4. The number of hydrogen-bond donors (Lipinski definition) is 1.